The van der Waals surface area contributed by atoms with Crippen LogP contribution in [0, 0.1) is 6.92 Å². The minimum atomic E-state index is -0.111. The number of nitrogens with zero attached hydrogens (tertiary/aromatic N) is 1. The summed E-state index contributed by atoms with van der Waals surface area (Å²) in [5.74, 6) is -0.111. The molecule has 5 heteroatoms. The quantitative estimate of drug-likeness (QED) is 0.755. The molecular weight excluding hydrogens is 308 g/mol. The Hall–Kier alpha value is -1.17. The predicted molar refractivity (Wildman–Crippen MR) is 81.2 cm³/mol. The molecule has 1 aromatic carbocycles. The Morgan fingerprint density at radius 1 is 1.58 bits per heavy atom. The van der Waals surface area contributed by atoms with Crippen molar-refractivity contribution in [2.75, 3.05) is 31.6 Å². The first-order valence-electron chi connectivity index (χ1n) is 6.07. The molecule has 19 heavy (non-hydrogen) atoms. The molecule has 0 aliphatic carbocycles. The monoisotopic (exact) mass is 326 g/mol. The second-order valence-corrected chi connectivity index (χ2v) is 5.13. The van der Waals surface area contributed by atoms with Crippen LogP contribution < -0.4 is 5.32 Å². The van der Waals surface area contributed by atoms with E-state index < -0.39 is 0 Å². The lowest BCUT2D eigenvalue weighted by atomic mass is 10.2. The van der Waals surface area contributed by atoms with E-state index in [1.165, 1.54) is 0 Å². The molecule has 1 amide bonds. The number of halogens is 1. The highest BCUT2D eigenvalue weighted by Gasteiger charge is 2.10. The van der Waals surface area contributed by atoms with Gasteiger partial charge in [-0.2, -0.15) is 0 Å². The molecule has 2 N–H and O–H groups in total. The number of hydrogen-bond acceptors (Lipinski definition) is 3. The lowest BCUT2D eigenvalue weighted by molar-refractivity contribution is -0.117. The summed E-state index contributed by atoms with van der Waals surface area (Å²) in [6.45, 7) is 6.90. The van der Waals surface area contributed by atoms with Gasteiger partial charge in [0.1, 0.15) is 0 Å². The number of benzene rings is 1. The number of aliphatic hydroxyl groups is 1. The Balaban J connectivity index is 2.60. The molecule has 0 radical (unpaired) electrons. The van der Waals surface area contributed by atoms with Gasteiger partial charge in [-0.05, 0) is 40.5 Å². The van der Waals surface area contributed by atoms with Crippen LogP contribution in [-0.2, 0) is 4.79 Å². The molecular formula is C14H19BrN2O2. The number of carbonyl (C=O) groups is 1. The molecule has 1 aromatic rings. The van der Waals surface area contributed by atoms with Crippen LogP contribution in [0.1, 0.15) is 5.56 Å². The molecule has 0 aliphatic heterocycles. The molecule has 0 bridgehead atoms. The lowest BCUT2D eigenvalue weighted by Gasteiger charge is -2.19. The number of anilines is 1. The summed E-state index contributed by atoms with van der Waals surface area (Å²) in [6.07, 6.45) is 1.71. The van der Waals surface area contributed by atoms with Crippen molar-refractivity contribution in [3.63, 3.8) is 0 Å². The van der Waals surface area contributed by atoms with Crippen LogP contribution >= 0.6 is 15.9 Å². The van der Waals surface area contributed by atoms with Crippen LogP contribution in [0.3, 0.4) is 0 Å². The third kappa shape index (κ3) is 5.55. The van der Waals surface area contributed by atoms with Crippen LogP contribution in [-0.4, -0.2) is 42.2 Å². The van der Waals surface area contributed by atoms with Gasteiger partial charge in [0.2, 0.25) is 5.91 Å². The van der Waals surface area contributed by atoms with Gasteiger partial charge in [-0.15, -0.1) is 6.58 Å². The van der Waals surface area contributed by atoms with E-state index in [2.05, 4.69) is 27.8 Å². The van der Waals surface area contributed by atoms with Gasteiger partial charge in [0.25, 0.3) is 0 Å². The molecule has 0 fully saturated rings. The highest BCUT2D eigenvalue weighted by Crippen LogP contribution is 2.23. The van der Waals surface area contributed by atoms with Crippen molar-refractivity contribution in [2.24, 2.45) is 0 Å². The Bertz CT molecular complexity index is 449. The molecule has 0 aromatic heterocycles. The molecule has 0 aliphatic rings. The van der Waals surface area contributed by atoms with Crippen LogP contribution in [0.5, 0.6) is 0 Å². The molecule has 104 valence electrons. The average Bonchev–Trinajstić information content (AvgIpc) is 2.33. The van der Waals surface area contributed by atoms with E-state index in [0.717, 1.165) is 15.7 Å². The number of rotatable bonds is 7. The van der Waals surface area contributed by atoms with Crippen molar-refractivity contribution in [3.8, 4) is 0 Å². The zero-order chi connectivity index (χ0) is 14.3. The van der Waals surface area contributed by atoms with E-state index in [4.69, 9.17) is 5.11 Å². The van der Waals surface area contributed by atoms with Crippen molar-refractivity contribution >= 4 is 27.5 Å². The van der Waals surface area contributed by atoms with Gasteiger partial charge >= 0.3 is 0 Å². The zero-order valence-corrected chi connectivity index (χ0v) is 12.6. The maximum absolute atomic E-state index is 11.9. The minimum Gasteiger partial charge on any atom is -0.395 e. The Labute approximate surface area is 122 Å². The van der Waals surface area contributed by atoms with E-state index in [1.54, 1.807) is 6.08 Å². The maximum Gasteiger partial charge on any atom is 0.238 e. The van der Waals surface area contributed by atoms with E-state index in [1.807, 2.05) is 30.0 Å². The largest absolute Gasteiger partial charge is 0.395 e. The number of amides is 1. The first-order valence-corrected chi connectivity index (χ1v) is 6.86. The summed E-state index contributed by atoms with van der Waals surface area (Å²) in [7, 11) is 0. The topological polar surface area (TPSA) is 52.6 Å². The van der Waals surface area contributed by atoms with Crippen molar-refractivity contribution in [1.29, 1.82) is 0 Å². The molecule has 0 saturated heterocycles. The van der Waals surface area contributed by atoms with Crippen molar-refractivity contribution in [3.05, 3.63) is 40.9 Å². The SMILES string of the molecule is C=CCN(CCO)CC(=O)Nc1ccc(C)cc1Br. The van der Waals surface area contributed by atoms with Crippen molar-refractivity contribution in [1.82, 2.24) is 4.90 Å². The smallest absolute Gasteiger partial charge is 0.238 e. The molecule has 4 nitrogen and oxygen atoms in total. The fourth-order valence-electron chi connectivity index (χ4n) is 1.67. The average molecular weight is 327 g/mol. The summed E-state index contributed by atoms with van der Waals surface area (Å²) >= 11 is 3.42. The van der Waals surface area contributed by atoms with Gasteiger partial charge in [-0.3, -0.25) is 9.69 Å². The minimum absolute atomic E-state index is 0.0232. The molecule has 0 spiro atoms. The number of nitrogens with one attached hydrogen (secondary N) is 1. The molecule has 0 atom stereocenters. The third-order valence-electron chi connectivity index (χ3n) is 2.57. The molecule has 0 saturated carbocycles. The number of hydrogen-bond donors (Lipinski definition) is 2. The van der Waals surface area contributed by atoms with Crippen LogP contribution in [0.25, 0.3) is 0 Å². The van der Waals surface area contributed by atoms with Crippen LogP contribution in [0.4, 0.5) is 5.69 Å². The second-order valence-electron chi connectivity index (χ2n) is 4.28. The summed E-state index contributed by atoms with van der Waals surface area (Å²) in [5, 5.41) is 11.8. The summed E-state index contributed by atoms with van der Waals surface area (Å²) < 4.78 is 0.860. The standard InChI is InChI=1S/C14H19BrN2O2/c1-3-6-17(7-8-18)10-14(19)16-13-5-4-11(2)9-12(13)15/h3-5,9,18H,1,6-8,10H2,2H3,(H,16,19). The Morgan fingerprint density at radius 2 is 2.32 bits per heavy atom. The van der Waals surface area contributed by atoms with Gasteiger partial charge in [0.05, 0.1) is 18.8 Å². The third-order valence-corrected chi connectivity index (χ3v) is 3.23. The number of carbonyl (C=O) groups excluding carboxylic acids is 1. The van der Waals surface area contributed by atoms with E-state index in [0.29, 0.717) is 13.1 Å². The first kappa shape index (κ1) is 15.9. The molecule has 0 unspecified atom stereocenters. The lowest BCUT2D eigenvalue weighted by Crippen LogP contribution is -2.35. The highest BCUT2D eigenvalue weighted by atomic mass is 79.9. The number of aryl methyl sites for hydroxylation is 1. The number of aliphatic hydroxyl groups excluding tert-OH is 1. The maximum atomic E-state index is 11.9. The highest BCUT2D eigenvalue weighted by molar-refractivity contribution is 9.10. The molecule has 0 heterocycles. The second kappa shape index (κ2) is 8.09. The van der Waals surface area contributed by atoms with E-state index >= 15 is 0 Å². The van der Waals surface area contributed by atoms with Crippen molar-refractivity contribution in [2.45, 2.75) is 6.92 Å². The Kier molecular flexibility index (Phi) is 6.77. The van der Waals surface area contributed by atoms with E-state index in [9.17, 15) is 4.79 Å². The predicted octanol–water partition coefficient (Wildman–Crippen LogP) is 2.18. The van der Waals surface area contributed by atoms with Gasteiger partial charge < -0.3 is 10.4 Å². The van der Waals surface area contributed by atoms with Gasteiger partial charge in [0, 0.05) is 17.6 Å². The Morgan fingerprint density at radius 3 is 2.89 bits per heavy atom. The first-order chi connectivity index (χ1) is 9.06. The van der Waals surface area contributed by atoms with Crippen LogP contribution in [0.2, 0.25) is 0 Å². The fourth-order valence-corrected chi connectivity index (χ4v) is 2.27. The zero-order valence-electron chi connectivity index (χ0n) is 11.0. The summed E-state index contributed by atoms with van der Waals surface area (Å²) in [4.78, 5) is 13.7. The molecule has 1 rings (SSSR count). The van der Waals surface area contributed by atoms with Crippen LogP contribution in [0.15, 0.2) is 35.3 Å². The van der Waals surface area contributed by atoms with Gasteiger partial charge in [-0.25, -0.2) is 0 Å². The van der Waals surface area contributed by atoms with Gasteiger partial charge in [-0.1, -0.05) is 12.1 Å². The summed E-state index contributed by atoms with van der Waals surface area (Å²) in [6, 6.07) is 5.75. The summed E-state index contributed by atoms with van der Waals surface area (Å²) in [5.41, 5.74) is 1.87. The van der Waals surface area contributed by atoms with E-state index in [-0.39, 0.29) is 19.1 Å². The fraction of sp³-hybridized carbons (Fsp3) is 0.357. The normalized spacial score (nSPS) is 10.5. The van der Waals surface area contributed by atoms with Crippen molar-refractivity contribution < 1.29 is 9.90 Å². The van der Waals surface area contributed by atoms with Gasteiger partial charge in [0.15, 0.2) is 0 Å².